The summed E-state index contributed by atoms with van der Waals surface area (Å²) in [4.78, 5) is 23.5. The number of benzene rings is 2. The molecule has 0 unspecified atom stereocenters. The molecule has 0 aliphatic heterocycles. The highest BCUT2D eigenvalue weighted by atomic mass is 79.9. The van der Waals surface area contributed by atoms with Gasteiger partial charge in [-0.2, -0.15) is 0 Å². The van der Waals surface area contributed by atoms with Gasteiger partial charge in [0, 0.05) is 11.0 Å². The van der Waals surface area contributed by atoms with Gasteiger partial charge in [-0.1, -0.05) is 30.3 Å². The number of rotatable bonds is 7. The summed E-state index contributed by atoms with van der Waals surface area (Å²) in [6.07, 6.45) is 1.65. The van der Waals surface area contributed by atoms with Crippen LogP contribution in [0.15, 0.2) is 53.0 Å². The third kappa shape index (κ3) is 5.77. The molecule has 0 aromatic heterocycles. The standard InChI is InChI=1S/C18H17BrFNO3/c19-16-9-8-14(20)11-15(16)18(23)24-12-17(22)21-10-4-7-13-5-2-1-3-6-13/h1-3,5-6,8-9,11H,4,7,10,12H2,(H,21,22). The fraction of sp³-hybridized carbons (Fsp3) is 0.222. The van der Waals surface area contributed by atoms with Gasteiger partial charge in [0.25, 0.3) is 5.91 Å². The summed E-state index contributed by atoms with van der Waals surface area (Å²) in [5, 5.41) is 2.68. The Kier molecular flexibility index (Phi) is 6.93. The molecule has 0 aliphatic carbocycles. The molecular formula is C18H17BrFNO3. The highest BCUT2D eigenvalue weighted by Crippen LogP contribution is 2.18. The van der Waals surface area contributed by atoms with Crippen LogP contribution in [0.4, 0.5) is 4.39 Å². The number of carbonyl (C=O) groups is 2. The van der Waals surface area contributed by atoms with Crippen molar-refractivity contribution >= 4 is 27.8 Å². The lowest BCUT2D eigenvalue weighted by molar-refractivity contribution is -0.124. The molecule has 0 atom stereocenters. The quantitative estimate of drug-likeness (QED) is 0.578. The molecule has 6 heteroatoms. The number of aryl methyl sites for hydroxylation is 1. The molecule has 2 rings (SSSR count). The number of esters is 1. The van der Waals surface area contributed by atoms with E-state index < -0.39 is 18.4 Å². The summed E-state index contributed by atoms with van der Waals surface area (Å²) in [6, 6.07) is 13.6. The Bertz CT molecular complexity index is 707. The van der Waals surface area contributed by atoms with E-state index in [2.05, 4.69) is 21.2 Å². The van der Waals surface area contributed by atoms with Gasteiger partial charge in [-0.25, -0.2) is 9.18 Å². The van der Waals surface area contributed by atoms with Crippen molar-refractivity contribution < 1.29 is 18.7 Å². The van der Waals surface area contributed by atoms with Crippen LogP contribution in [0.3, 0.4) is 0 Å². The summed E-state index contributed by atoms with van der Waals surface area (Å²) in [5.41, 5.74) is 1.25. The van der Waals surface area contributed by atoms with E-state index in [1.165, 1.54) is 17.7 Å². The molecule has 4 nitrogen and oxygen atoms in total. The average Bonchev–Trinajstić information content (AvgIpc) is 2.59. The molecule has 0 radical (unpaired) electrons. The van der Waals surface area contributed by atoms with Gasteiger partial charge in [0.05, 0.1) is 5.56 Å². The van der Waals surface area contributed by atoms with Crippen molar-refractivity contribution in [1.82, 2.24) is 5.32 Å². The first-order valence-electron chi connectivity index (χ1n) is 7.49. The van der Waals surface area contributed by atoms with E-state index in [4.69, 9.17) is 4.74 Å². The summed E-state index contributed by atoms with van der Waals surface area (Å²) in [5.74, 6) is -1.68. The lowest BCUT2D eigenvalue weighted by Crippen LogP contribution is -2.29. The highest BCUT2D eigenvalue weighted by molar-refractivity contribution is 9.10. The largest absolute Gasteiger partial charge is 0.452 e. The molecule has 1 N–H and O–H groups in total. The maximum Gasteiger partial charge on any atom is 0.339 e. The van der Waals surface area contributed by atoms with Gasteiger partial charge in [0.2, 0.25) is 0 Å². The number of carbonyl (C=O) groups excluding carboxylic acids is 2. The van der Waals surface area contributed by atoms with Crippen molar-refractivity contribution in [3.8, 4) is 0 Å². The third-order valence-electron chi connectivity index (χ3n) is 3.29. The Hall–Kier alpha value is -2.21. The van der Waals surface area contributed by atoms with Gasteiger partial charge in [0.15, 0.2) is 6.61 Å². The first-order valence-corrected chi connectivity index (χ1v) is 8.28. The van der Waals surface area contributed by atoms with Crippen molar-refractivity contribution in [2.75, 3.05) is 13.2 Å². The number of halogens is 2. The van der Waals surface area contributed by atoms with Crippen LogP contribution < -0.4 is 5.32 Å². The second-order valence-electron chi connectivity index (χ2n) is 5.14. The lowest BCUT2D eigenvalue weighted by atomic mass is 10.1. The lowest BCUT2D eigenvalue weighted by Gasteiger charge is -2.08. The molecule has 0 fully saturated rings. The zero-order valence-electron chi connectivity index (χ0n) is 12.9. The summed E-state index contributed by atoms with van der Waals surface area (Å²) in [6.45, 7) is 0.0993. The Balaban J connectivity index is 1.69. The molecule has 2 aromatic rings. The van der Waals surface area contributed by atoms with E-state index in [0.29, 0.717) is 11.0 Å². The summed E-state index contributed by atoms with van der Waals surface area (Å²) >= 11 is 3.14. The maximum absolute atomic E-state index is 13.1. The van der Waals surface area contributed by atoms with E-state index >= 15 is 0 Å². The maximum atomic E-state index is 13.1. The Morgan fingerprint density at radius 1 is 1.12 bits per heavy atom. The molecule has 126 valence electrons. The van der Waals surface area contributed by atoms with E-state index in [0.717, 1.165) is 18.9 Å². The first-order chi connectivity index (χ1) is 11.6. The third-order valence-corrected chi connectivity index (χ3v) is 3.98. The fourth-order valence-corrected chi connectivity index (χ4v) is 2.49. The summed E-state index contributed by atoms with van der Waals surface area (Å²) in [7, 11) is 0. The van der Waals surface area contributed by atoms with Crippen LogP contribution in [-0.4, -0.2) is 25.0 Å². The van der Waals surface area contributed by atoms with Gasteiger partial charge < -0.3 is 10.1 Å². The minimum atomic E-state index is -0.749. The van der Waals surface area contributed by atoms with Gasteiger partial charge in [0.1, 0.15) is 5.82 Å². The second kappa shape index (κ2) is 9.17. The molecule has 0 aliphatic rings. The molecule has 24 heavy (non-hydrogen) atoms. The molecule has 0 saturated heterocycles. The predicted octanol–water partition coefficient (Wildman–Crippen LogP) is 3.49. The van der Waals surface area contributed by atoms with E-state index in [-0.39, 0.29) is 11.5 Å². The topological polar surface area (TPSA) is 55.4 Å². The van der Waals surface area contributed by atoms with Crippen LogP contribution in [0.2, 0.25) is 0 Å². The Morgan fingerprint density at radius 2 is 1.88 bits per heavy atom. The molecule has 0 saturated carbocycles. The van der Waals surface area contributed by atoms with Crippen LogP contribution in [0.1, 0.15) is 22.3 Å². The van der Waals surface area contributed by atoms with Crippen molar-refractivity contribution in [2.24, 2.45) is 0 Å². The van der Waals surface area contributed by atoms with E-state index in [9.17, 15) is 14.0 Å². The smallest absolute Gasteiger partial charge is 0.339 e. The zero-order valence-corrected chi connectivity index (χ0v) is 14.5. The van der Waals surface area contributed by atoms with Crippen LogP contribution in [0.5, 0.6) is 0 Å². The van der Waals surface area contributed by atoms with Crippen LogP contribution in [-0.2, 0) is 16.0 Å². The Morgan fingerprint density at radius 3 is 2.62 bits per heavy atom. The minimum absolute atomic E-state index is 0.0480. The zero-order chi connectivity index (χ0) is 17.4. The van der Waals surface area contributed by atoms with Crippen LogP contribution >= 0.6 is 15.9 Å². The molecule has 0 bridgehead atoms. The number of amides is 1. The van der Waals surface area contributed by atoms with Crippen molar-refractivity contribution in [1.29, 1.82) is 0 Å². The summed E-state index contributed by atoms with van der Waals surface area (Å²) < 4.78 is 18.5. The molecule has 0 heterocycles. The van der Waals surface area contributed by atoms with E-state index in [1.807, 2.05) is 30.3 Å². The Labute approximate surface area is 148 Å². The first kappa shape index (κ1) is 18.1. The molecule has 1 amide bonds. The van der Waals surface area contributed by atoms with Gasteiger partial charge in [-0.05, 0) is 52.5 Å². The normalized spacial score (nSPS) is 10.2. The number of hydrogen-bond acceptors (Lipinski definition) is 3. The average molecular weight is 394 g/mol. The monoisotopic (exact) mass is 393 g/mol. The minimum Gasteiger partial charge on any atom is -0.452 e. The van der Waals surface area contributed by atoms with Crippen LogP contribution in [0.25, 0.3) is 0 Å². The van der Waals surface area contributed by atoms with Crippen LogP contribution in [0, 0.1) is 5.82 Å². The number of nitrogens with one attached hydrogen (secondary N) is 1. The van der Waals surface area contributed by atoms with Crippen molar-refractivity contribution in [3.63, 3.8) is 0 Å². The SMILES string of the molecule is O=C(COC(=O)c1cc(F)ccc1Br)NCCCc1ccccc1. The van der Waals surface area contributed by atoms with Crippen molar-refractivity contribution in [2.45, 2.75) is 12.8 Å². The van der Waals surface area contributed by atoms with E-state index in [1.54, 1.807) is 0 Å². The predicted molar refractivity (Wildman–Crippen MR) is 92.2 cm³/mol. The van der Waals surface area contributed by atoms with Crippen molar-refractivity contribution in [3.05, 3.63) is 69.9 Å². The highest BCUT2D eigenvalue weighted by Gasteiger charge is 2.14. The molecule has 2 aromatic carbocycles. The number of hydrogen-bond donors (Lipinski definition) is 1. The van der Waals surface area contributed by atoms with Gasteiger partial charge in [-0.3, -0.25) is 4.79 Å². The molecule has 0 spiro atoms. The fourth-order valence-electron chi connectivity index (χ4n) is 2.08. The molecular weight excluding hydrogens is 377 g/mol. The number of ether oxygens (including phenoxy) is 1. The van der Waals surface area contributed by atoms with Gasteiger partial charge >= 0.3 is 5.97 Å². The van der Waals surface area contributed by atoms with Gasteiger partial charge in [-0.15, -0.1) is 0 Å². The second-order valence-corrected chi connectivity index (χ2v) is 5.99.